The first kappa shape index (κ1) is 17.7. The number of anilines is 1. The summed E-state index contributed by atoms with van der Waals surface area (Å²) in [6.07, 6.45) is -0.0135. The van der Waals surface area contributed by atoms with Crippen molar-refractivity contribution in [3.8, 4) is 11.1 Å². The Morgan fingerprint density at radius 2 is 2.12 bits per heavy atom. The molecule has 2 aromatic rings. The molecule has 132 valence electrons. The molecule has 1 saturated heterocycles. The third-order valence-electron chi connectivity index (χ3n) is 4.59. The predicted molar refractivity (Wildman–Crippen MR) is 97.8 cm³/mol. The van der Waals surface area contributed by atoms with Crippen LogP contribution < -0.4 is 4.90 Å². The fraction of sp³-hybridized carbons (Fsp3) is 0.316. The summed E-state index contributed by atoms with van der Waals surface area (Å²) in [6, 6.07) is 11.7. The van der Waals surface area contributed by atoms with Gasteiger partial charge in [0.15, 0.2) is 0 Å². The quantitative estimate of drug-likeness (QED) is 0.865. The number of hydrogen-bond donors (Lipinski definition) is 1. The van der Waals surface area contributed by atoms with Gasteiger partial charge in [-0.25, -0.2) is 9.18 Å². The zero-order valence-corrected chi connectivity index (χ0v) is 14.7. The van der Waals surface area contributed by atoms with Gasteiger partial charge in [0, 0.05) is 18.7 Å². The molecule has 0 spiro atoms. The van der Waals surface area contributed by atoms with Crippen molar-refractivity contribution in [1.82, 2.24) is 4.90 Å². The van der Waals surface area contributed by atoms with Crippen LogP contribution in [0.2, 0.25) is 5.02 Å². The van der Waals surface area contributed by atoms with Crippen LogP contribution in [-0.2, 0) is 0 Å². The molecular formula is C19H20ClFN2O2. The normalized spacial score (nSPS) is 17.6. The van der Waals surface area contributed by atoms with E-state index in [9.17, 15) is 14.3 Å². The van der Waals surface area contributed by atoms with Crippen molar-refractivity contribution in [3.05, 3.63) is 53.3 Å². The molecule has 25 heavy (non-hydrogen) atoms. The maximum atomic E-state index is 13.5. The number of halogens is 2. The van der Waals surface area contributed by atoms with E-state index in [0.717, 1.165) is 25.1 Å². The molecule has 6 heteroatoms. The second-order valence-corrected chi connectivity index (χ2v) is 6.86. The highest BCUT2D eigenvalue weighted by molar-refractivity contribution is 6.31. The number of benzene rings is 2. The van der Waals surface area contributed by atoms with E-state index in [4.69, 9.17) is 11.6 Å². The Morgan fingerprint density at radius 1 is 1.36 bits per heavy atom. The van der Waals surface area contributed by atoms with E-state index in [1.165, 1.54) is 17.0 Å². The zero-order chi connectivity index (χ0) is 18.0. The molecule has 0 unspecified atom stereocenters. The minimum atomic E-state index is -0.991. The van der Waals surface area contributed by atoms with Crippen LogP contribution in [0.1, 0.15) is 6.42 Å². The van der Waals surface area contributed by atoms with E-state index in [2.05, 4.69) is 4.90 Å². The number of hydrogen-bond acceptors (Lipinski definition) is 2. The molecule has 1 atom stereocenters. The molecule has 0 aromatic heterocycles. The van der Waals surface area contributed by atoms with Gasteiger partial charge in [0.2, 0.25) is 0 Å². The van der Waals surface area contributed by atoms with Crippen molar-refractivity contribution >= 4 is 23.4 Å². The first-order chi connectivity index (χ1) is 12.0. The highest BCUT2D eigenvalue weighted by Gasteiger charge is 2.26. The Hall–Kier alpha value is -2.11. The summed E-state index contributed by atoms with van der Waals surface area (Å²) < 4.78 is 13.5. The Balaban J connectivity index is 1.96. The van der Waals surface area contributed by atoms with E-state index in [-0.39, 0.29) is 5.02 Å². The summed E-state index contributed by atoms with van der Waals surface area (Å²) >= 11 is 5.90. The van der Waals surface area contributed by atoms with Gasteiger partial charge in [-0.3, -0.25) is 4.90 Å². The molecule has 0 aliphatic carbocycles. The molecule has 1 heterocycles. The van der Waals surface area contributed by atoms with Crippen molar-refractivity contribution in [1.29, 1.82) is 0 Å². The zero-order valence-electron chi connectivity index (χ0n) is 14.0. The standard InChI is InChI=1S/C19H20ClFN2O2/c1-22-9-8-13(11-22)12-23(19(24)25)18-5-3-2-4-15(18)14-6-7-17(21)16(20)10-14/h2-7,10,13H,8-9,11-12H2,1H3,(H,24,25)/t13-/m0/s1. The fourth-order valence-electron chi connectivity index (χ4n) is 3.33. The third-order valence-corrected chi connectivity index (χ3v) is 4.88. The summed E-state index contributed by atoms with van der Waals surface area (Å²) in [5, 5.41) is 9.77. The molecule has 4 nitrogen and oxygen atoms in total. The van der Waals surface area contributed by atoms with Crippen molar-refractivity contribution in [2.45, 2.75) is 6.42 Å². The third kappa shape index (κ3) is 3.94. The Morgan fingerprint density at radius 3 is 2.76 bits per heavy atom. The van der Waals surface area contributed by atoms with Crippen LogP contribution in [0.25, 0.3) is 11.1 Å². The predicted octanol–water partition coefficient (Wildman–Crippen LogP) is 4.58. The number of carbonyl (C=O) groups is 1. The maximum Gasteiger partial charge on any atom is 0.411 e. The number of rotatable bonds is 4. The van der Waals surface area contributed by atoms with Crippen LogP contribution in [0.5, 0.6) is 0 Å². The van der Waals surface area contributed by atoms with Gasteiger partial charge in [-0.1, -0.05) is 35.9 Å². The Bertz CT molecular complexity index is 784. The minimum absolute atomic E-state index is 0.0200. The first-order valence-corrected chi connectivity index (χ1v) is 8.57. The first-order valence-electron chi connectivity index (χ1n) is 8.19. The minimum Gasteiger partial charge on any atom is -0.465 e. The number of amides is 1. The summed E-state index contributed by atoms with van der Waals surface area (Å²) in [5.41, 5.74) is 2.00. The van der Waals surface area contributed by atoms with Crippen LogP contribution >= 0.6 is 11.6 Å². The lowest BCUT2D eigenvalue weighted by Crippen LogP contribution is -2.35. The fourth-order valence-corrected chi connectivity index (χ4v) is 3.51. The van der Waals surface area contributed by atoms with Gasteiger partial charge in [0.1, 0.15) is 5.82 Å². The van der Waals surface area contributed by atoms with Crippen LogP contribution in [0.3, 0.4) is 0 Å². The van der Waals surface area contributed by atoms with E-state index < -0.39 is 11.9 Å². The molecule has 3 rings (SSSR count). The van der Waals surface area contributed by atoms with E-state index in [0.29, 0.717) is 23.7 Å². The summed E-state index contributed by atoms with van der Waals surface area (Å²) in [5.74, 6) is -0.196. The van der Waals surface area contributed by atoms with Gasteiger partial charge in [-0.05, 0) is 49.7 Å². The van der Waals surface area contributed by atoms with Crippen LogP contribution in [-0.4, -0.2) is 42.8 Å². The van der Waals surface area contributed by atoms with Crippen molar-refractivity contribution in [3.63, 3.8) is 0 Å². The monoisotopic (exact) mass is 362 g/mol. The van der Waals surface area contributed by atoms with E-state index in [1.807, 2.05) is 19.2 Å². The molecule has 0 radical (unpaired) electrons. The average molecular weight is 363 g/mol. The van der Waals surface area contributed by atoms with Gasteiger partial charge in [-0.2, -0.15) is 0 Å². The molecule has 1 fully saturated rings. The highest BCUT2D eigenvalue weighted by Crippen LogP contribution is 2.34. The lowest BCUT2D eigenvalue weighted by Gasteiger charge is -2.25. The van der Waals surface area contributed by atoms with Gasteiger partial charge >= 0.3 is 6.09 Å². The lowest BCUT2D eigenvalue weighted by atomic mass is 10.0. The van der Waals surface area contributed by atoms with Gasteiger partial charge < -0.3 is 10.0 Å². The maximum absolute atomic E-state index is 13.5. The van der Waals surface area contributed by atoms with Crippen molar-refractivity contribution in [2.24, 2.45) is 5.92 Å². The van der Waals surface area contributed by atoms with Crippen molar-refractivity contribution in [2.75, 3.05) is 31.6 Å². The molecule has 1 N–H and O–H groups in total. The van der Waals surface area contributed by atoms with E-state index in [1.54, 1.807) is 18.2 Å². The summed E-state index contributed by atoms with van der Waals surface area (Å²) in [6.45, 7) is 2.30. The van der Waals surface area contributed by atoms with Crippen LogP contribution in [0, 0.1) is 11.7 Å². The molecule has 2 aromatic carbocycles. The summed E-state index contributed by atoms with van der Waals surface area (Å²) in [4.78, 5) is 15.5. The SMILES string of the molecule is CN1CC[C@H](CN(C(=O)O)c2ccccc2-c2ccc(F)c(Cl)c2)C1. The Labute approximate surface area is 151 Å². The molecule has 0 bridgehead atoms. The number of nitrogens with zero attached hydrogens (tertiary/aromatic N) is 2. The molecule has 0 saturated carbocycles. The smallest absolute Gasteiger partial charge is 0.411 e. The lowest BCUT2D eigenvalue weighted by molar-refractivity contribution is 0.200. The highest BCUT2D eigenvalue weighted by atomic mass is 35.5. The van der Waals surface area contributed by atoms with Crippen LogP contribution in [0.4, 0.5) is 14.9 Å². The number of likely N-dealkylation sites (tertiary alicyclic amines) is 1. The van der Waals surface area contributed by atoms with Gasteiger partial charge in [0.25, 0.3) is 0 Å². The van der Waals surface area contributed by atoms with Crippen molar-refractivity contribution < 1.29 is 14.3 Å². The van der Waals surface area contributed by atoms with Gasteiger partial charge in [0.05, 0.1) is 10.7 Å². The molecule has 1 aliphatic rings. The second kappa shape index (κ2) is 7.42. The molecule has 1 aliphatic heterocycles. The van der Waals surface area contributed by atoms with Crippen LogP contribution in [0.15, 0.2) is 42.5 Å². The summed E-state index contributed by atoms with van der Waals surface area (Å²) in [7, 11) is 2.04. The molecular weight excluding hydrogens is 343 g/mol. The second-order valence-electron chi connectivity index (χ2n) is 6.46. The largest absolute Gasteiger partial charge is 0.465 e. The average Bonchev–Trinajstić information content (AvgIpc) is 3.00. The van der Waals surface area contributed by atoms with E-state index >= 15 is 0 Å². The molecule has 1 amide bonds. The number of carboxylic acid groups (broad SMARTS) is 1. The Kier molecular flexibility index (Phi) is 5.25. The van der Waals surface area contributed by atoms with Gasteiger partial charge in [-0.15, -0.1) is 0 Å². The number of para-hydroxylation sites is 1. The topological polar surface area (TPSA) is 43.8 Å².